The van der Waals surface area contributed by atoms with Gasteiger partial charge in [-0.25, -0.2) is 0 Å². The van der Waals surface area contributed by atoms with Gasteiger partial charge in [0.1, 0.15) is 0 Å². The molecule has 3 rings (SSSR count). The van der Waals surface area contributed by atoms with Crippen molar-refractivity contribution in [2.75, 3.05) is 25.0 Å². The van der Waals surface area contributed by atoms with Gasteiger partial charge >= 0.3 is 0 Å². The maximum Gasteiger partial charge on any atom is 0.0742 e. The van der Waals surface area contributed by atoms with Crippen LogP contribution in [0.25, 0.3) is 0 Å². The third-order valence-corrected chi connectivity index (χ3v) is 3.93. The lowest BCUT2D eigenvalue weighted by Crippen LogP contribution is -2.45. The van der Waals surface area contributed by atoms with Gasteiger partial charge in [-0.15, -0.1) is 0 Å². The summed E-state index contributed by atoms with van der Waals surface area (Å²) in [6.07, 6.45) is 3.72. The molecule has 0 radical (unpaired) electrons. The average Bonchev–Trinajstić information content (AvgIpc) is 3.14. The number of hydrogen-bond donors (Lipinski definition) is 2. The molecule has 0 bridgehead atoms. The molecule has 1 atom stereocenters. The highest BCUT2D eigenvalue weighted by molar-refractivity contribution is 5.46. The molecular formula is C14H20N2O. The molecule has 0 amide bonds. The summed E-state index contributed by atoms with van der Waals surface area (Å²) < 4.78 is 0. The Bertz CT molecular complexity index is 377. The number of benzene rings is 1. The van der Waals surface area contributed by atoms with Crippen LogP contribution in [0.2, 0.25) is 0 Å². The van der Waals surface area contributed by atoms with Crippen molar-refractivity contribution in [2.24, 2.45) is 0 Å². The Hall–Kier alpha value is -1.06. The van der Waals surface area contributed by atoms with Crippen LogP contribution in [0.3, 0.4) is 0 Å². The van der Waals surface area contributed by atoms with Crippen LogP contribution in [0.4, 0.5) is 5.69 Å². The van der Waals surface area contributed by atoms with Gasteiger partial charge in [0.15, 0.2) is 0 Å². The number of nitrogens with zero attached hydrogens (tertiary/aromatic N) is 1. The molecule has 1 saturated heterocycles. The van der Waals surface area contributed by atoms with Gasteiger partial charge in [0, 0.05) is 24.8 Å². The zero-order valence-electron chi connectivity index (χ0n) is 10.1. The quantitative estimate of drug-likeness (QED) is 0.829. The van der Waals surface area contributed by atoms with Crippen molar-refractivity contribution in [1.82, 2.24) is 4.90 Å². The first-order valence-electron chi connectivity index (χ1n) is 6.49. The second-order valence-corrected chi connectivity index (χ2v) is 5.38. The van der Waals surface area contributed by atoms with Gasteiger partial charge in [-0.2, -0.15) is 0 Å². The van der Waals surface area contributed by atoms with E-state index in [4.69, 9.17) is 0 Å². The van der Waals surface area contributed by atoms with Gasteiger partial charge < -0.3 is 10.4 Å². The van der Waals surface area contributed by atoms with E-state index in [2.05, 4.69) is 22.3 Å². The van der Waals surface area contributed by atoms with Crippen molar-refractivity contribution < 1.29 is 5.11 Å². The van der Waals surface area contributed by atoms with Crippen LogP contribution in [-0.2, 0) is 0 Å². The van der Waals surface area contributed by atoms with Gasteiger partial charge in [-0.05, 0) is 31.4 Å². The normalized spacial score (nSPS) is 29.5. The molecule has 1 aromatic carbocycles. The molecule has 3 heteroatoms. The van der Waals surface area contributed by atoms with E-state index in [1.807, 2.05) is 18.2 Å². The first-order valence-corrected chi connectivity index (χ1v) is 6.49. The van der Waals surface area contributed by atoms with Gasteiger partial charge in [0.05, 0.1) is 12.1 Å². The molecule has 92 valence electrons. The number of rotatable bonds is 4. The van der Waals surface area contributed by atoms with E-state index < -0.39 is 0 Å². The molecule has 0 spiro atoms. The van der Waals surface area contributed by atoms with Crippen LogP contribution >= 0.6 is 0 Å². The summed E-state index contributed by atoms with van der Waals surface area (Å²) in [6, 6.07) is 11.0. The third kappa shape index (κ3) is 2.31. The monoisotopic (exact) mass is 232 g/mol. The molecule has 1 aliphatic carbocycles. The number of hydrogen-bond acceptors (Lipinski definition) is 3. The lowest BCUT2D eigenvalue weighted by molar-refractivity contribution is 0.205. The largest absolute Gasteiger partial charge is 0.394 e. The number of para-hydroxylation sites is 1. The average molecular weight is 232 g/mol. The maximum atomic E-state index is 9.71. The van der Waals surface area contributed by atoms with E-state index in [0.717, 1.165) is 31.2 Å². The molecule has 2 fully saturated rings. The Morgan fingerprint density at radius 2 is 2.06 bits per heavy atom. The van der Waals surface area contributed by atoms with Gasteiger partial charge in [-0.3, -0.25) is 4.90 Å². The van der Waals surface area contributed by atoms with Crippen LogP contribution in [0.1, 0.15) is 19.3 Å². The highest BCUT2D eigenvalue weighted by atomic mass is 16.3. The fraction of sp³-hybridized carbons (Fsp3) is 0.571. The predicted octanol–water partition coefficient (Wildman–Crippen LogP) is 1.70. The maximum absolute atomic E-state index is 9.71. The van der Waals surface area contributed by atoms with Crippen LogP contribution in [0.5, 0.6) is 0 Å². The van der Waals surface area contributed by atoms with Crippen LogP contribution in [-0.4, -0.2) is 41.3 Å². The van der Waals surface area contributed by atoms with Crippen LogP contribution < -0.4 is 5.32 Å². The molecule has 1 unspecified atom stereocenters. The summed E-state index contributed by atoms with van der Waals surface area (Å²) in [5, 5.41) is 13.2. The molecule has 1 saturated carbocycles. The molecule has 3 nitrogen and oxygen atoms in total. The summed E-state index contributed by atoms with van der Waals surface area (Å²) in [6.45, 7) is 2.30. The second kappa shape index (κ2) is 4.31. The van der Waals surface area contributed by atoms with Crippen molar-refractivity contribution in [1.29, 1.82) is 0 Å². The van der Waals surface area contributed by atoms with Crippen molar-refractivity contribution in [3.63, 3.8) is 0 Å². The summed E-state index contributed by atoms with van der Waals surface area (Å²) in [4.78, 5) is 2.52. The zero-order chi connectivity index (χ0) is 11.7. The summed E-state index contributed by atoms with van der Waals surface area (Å²) in [5.41, 5.74) is 0.975. The highest BCUT2D eigenvalue weighted by Crippen LogP contribution is 2.34. The molecular weight excluding hydrogens is 212 g/mol. The Labute approximate surface area is 102 Å². The van der Waals surface area contributed by atoms with Crippen LogP contribution in [0, 0.1) is 0 Å². The summed E-state index contributed by atoms with van der Waals surface area (Å²) >= 11 is 0. The smallest absolute Gasteiger partial charge is 0.0742 e. The van der Waals surface area contributed by atoms with Crippen molar-refractivity contribution in [2.45, 2.75) is 30.8 Å². The first-order chi connectivity index (χ1) is 8.31. The predicted molar refractivity (Wildman–Crippen MR) is 69.1 cm³/mol. The number of likely N-dealkylation sites (tertiary alicyclic amines) is 1. The number of aliphatic hydroxyl groups excluding tert-OH is 1. The van der Waals surface area contributed by atoms with E-state index in [0.29, 0.717) is 0 Å². The molecule has 1 aromatic rings. The minimum absolute atomic E-state index is 0.135. The number of nitrogens with one attached hydrogen (secondary N) is 1. The number of anilines is 1. The van der Waals surface area contributed by atoms with Crippen LogP contribution in [0.15, 0.2) is 30.3 Å². The SMILES string of the molecule is OCC1(Nc2ccccc2)CCN(C2CC2)C1. The molecule has 0 aromatic heterocycles. The molecule has 2 N–H and O–H groups in total. The second-order valence-electron chi connectivity index (χ2n) is 5.38. The minimum atomic E-state index is -0.135. The van der Waals surface area contributed by atoms with E-state index >= 15 is 0 Å². The standard InChI is InChI=1S/C14H20N2O/c17-11-14(15-12-4-2-1-3-5-12)8-9-16(10-14)13-6-7-13/h1-5,13,15,17H,6-11H2. The Kier molecular flexibility index (Phi) is 2.81. The summed E-state index contributed by atoms with van der Waals surface area (Å²) in [5.74, 6) is 0. The first kappa shape index (κ1) is 11.1. The lowest BCUT2D eigenvalue weighted by atomic mass is 9.99. The fourth-order valence-corrected chi connectivity index (χ4v) is 2.75. The van der Waals surface area contributed by atoms with Crippen molar-refractivity contribution in [3.05, 3.63) is 30.3 Å². The van der Waals surface area contributed by atoms with Gasteiger partial charge in [0.25, 0.3) is 0 Å². The van der Waals surface area contributed by atoms with E-state index in [1.165, 1.54) is 12.8 Å². The fourth-order valence-electron chi connectivity index (χ4n) is 2.75. The van der Waals surface area contributed by atoms with Gasteiger partial charge in [-0.1, -0.05) is 18.2 Å². The summed E-state index contributed by atoms with van der Waals surface area (Å²) in [7, 11) is 0. The Morgan fingerprint density at radius 3 is 2.71 bits per heavy atom. The molecule has 1 heterocycles. The zero-order valence-corrected chi connectivity index (χ0v) is 10.1. The lowest BCUT2D eigenvalue weighted by Gasteiger charge is -2.30. The third-order valence-electron chi connectivity index (χ3n) is 3.93. The molecule has 17 heavy (non-hydrogen) atoms. The Balaban J connectivity index is 1.70. The van der Waals surface area contributed by atoms with Gasteiger partial charge in [0.2, 0.25) is 0 Å². The van der Waals surface area contributed by atoms with E-state index in [9.17, 15) is 5.11 Å². The minimum Gasteiger partial charge on any atom is -0.394 e. The van der Waals surface area contributed by atoms with Crippen molar-refractivity contribution in [3.8, 4) is 0 Å². The van der Waals surface area contributed by atoms with E-state index in [1.54, 1.807) is 0 Å². The topological polar surface area (TPSA) is 35.5 Å². The van der Waals surface area contributed by atoms with E-state index in [-0.39, 0.29) is 12.1 Å². The number of aliphatic hydroxyl groups is 1. The Morgan fingerprint density at radius 1 is 1.29 bits per heavy atom. The molecule has 2 aliphatic rings. The highest BCUT2D eigenvalue weighted by Gasteiger charge is 2.42. The van der Waals surface area contributed by atoms with Crippen molar-refractivity contribution >= 4 is 5.69 Å². The molecule has 1 aliphatic heterocycles.